The molecule has 3 heterocycles. The largest absolute Gasteiger partial charge is 0.396 e. The number of aryl methyl sites for hydroxylation is 2. The number of piperidine rings is 1. The molecule has 148 valence electrons. The standard InChI is InChI=1S/C22H28N4O2/c1-16-5-2-7-18-13-19(22(28)24-20(16)18)21-23-8-12-26(21)11-4-10-25-9-3-6-17(14-25)15-27/h2,5,7-8,12-13,17,27H,3-4,6,9-11,14-15H2,1H3,(H,24,28). The maximum atomic E-state index is 12.7. The molecular weight excluding hydrogens is 352 g/mol. The second-order valence-corrected chi connectivity index (χ2v) is 7.84. The number of hydrogen-bond acceptors (Lipinski definition) is 4. The van der Waals surface area contributed by atoms with Crippen LogP contribution < -0.4 is 5.56 Å². The Kier molecular flexibility index (Phi) is 5.59. The lowest BCUT2D eigenvalue weighted by molar-refractivity contribution is 0.119. The van der Waals surface area contributed by atoms with Crippen LogP contribution in [0.25, 0.3) is 22.3 Å². The topological polar surface area (TPSA) is 74.2 Å². The highest BCUT2D eigenvalue weighted by molar-refractivity contribution is 5.84. The van der Waals surface area contributed by atoms with Crippen LogP contribution in [0.1, 0.15) is 24.8 Å². The number of para-hydroxylation sites is 1. The third-order valence-corrected chi connectivity index (χ3v) is 5.78. The first-order valence-corrected chi connectivity index (χ1v) is 10.1. The van der Waals surface area contributed by atoms with Crippen molar-refractivity contribution in [2.24, 2.45) is 5.92 Å². The number of aliphatic hydroxyl groups excluding tert-OH is 1. The molecule has 3 aromatic rings. The lowest BCUT2D eigenvalue weighted by Crippen LogP contribution is -2.37. The van der Waals surface area contributed by atoms with Crippen molar-refractivity contribution in [2.45, 2.75) is 32.7 Å². The summed E-state index contributed by atoms with van der Waals surface area (Å²) in [5.41, 5.74) is 2.46. The van der Waals surface area contributed by atoms with Crippen molar-refractivity contribution < 1.29 is 5.11 Å². The summed E-state index contributed by atoms with van der Waals surface area (Å²) in [6.07, 6.45) is 6.99. The first-order valence-electron chi connectivity index (χ1n) is 10.1. The monoisotopic (exact) mass is 380 g/mol. The number of aromatic nitrogens is 3. The van der Waals surface area contributed by atoms with Crippen molar-refractivity contribution in [1.82, 2.24) is 19.4 Å². The molecule has 0 saturated carbocycles. The van der Waals surface area contributed by atoms with Gasteiger partial charge in [-0.05, 0) is 62.2 Å². The third-order valence-electron chi connectivity index (χ3n) is 5.78. The Balaban J connectivity index is 1.49. The van der Waals surface area contributed by atoms with Crippen LogP contribution in [-0.2, 0) is 6.54 Å². The van der Waals surface area contributed by atoms with Crippen LogP contribution in [0.3, 0.4) is 0 Å². The highest BCUT2D eigenvalue weighted by atomic mass is 16.3. The summed E-state index contributed by atoms with van der Waals surface area (Å²) >= 11 is 0. The van der Waals surface area contributed by atoms with Gasteiger partial charge in [-0.1, -0.05) is 18.2 Å². The van der Waals surface area contributed by atoms with Gasteiger partial charge in [0.15, 0.2) is 0 Å². The molecule has 6 nitrogen and oxygen atoms in total. The van der Waals surface area contributed by atoms with Crippen LogP contribution in [0.2, 0.25) is 0 Å². The van der Waals surface area contributed by atoms with E-state index in [1.807, 2.05) is 37.4 Å². The van der Waals surface area contributed by atoms with Crippen LogP contribution in [-0.4, -0.2) is 50.8 Å². The number of aromatic amines is 1. The molecule has 0 radical (unpaired) electrons. The molecule has 4 rings (SSSR count). The van der Waals surface area contributed by atoms with E-state index in [4.69, 9.17) is 0 Å². The average molecular weight is 380 g/mol. The number of nitrogens with one attached hydrogen (secondary N) is 1. The number of aliphatic hydroxyl groups is 1. The summed E-state index contributed by atoms with van der Waals surface area (Å²) in [4.78, 5) is 22.6. The van der Waals surface area contributed by atoms with E-state index < -0.39 is 0 Å². The van der Waals surface area contributed by atoms with E-state index in [1.54, 1.807) is 6.20 Å². The molecule has 0 amide bonds. The van der Waals surface area contributed by atoms with Gasteiger partial charge in [-0.3, -0.25) is 4.79 Å². The van der Waals surface area contributed by atoms with Crippen LogP contribution in [0.15, 0.2) is 41.5 Å². The number of H-pyrrole nitrogens is 1. The lowest BCUT2D eigenvalue weighted by atomic mass is 9.99. The smallest absolute Gasteiger partial charge is 0.259 e. The van der Waals surface area contributed by atoms with E-state index in [0.29, 0.717) is 11.5 Å². The van der Waals surface area contributed by atoms with E-state index in [1.165, 1.54) is 0 Å². The molecule has 2 N–H and O–H groups in total. The van der Waals surface area contributed by atoms with Crippen LogP contribution in [0.4, 0.5) is 0 Å². The molecule has 2 aromatic heterocycles. The predicted molar refractivity (Wildman–Crippen MR) is 111 cm³/mol. The number of likely N-dealkylation sites (tertiary alicyclic amines) is 1. The van der Waals surface area contributed by atoms with Gasteiger partial charge in [0.1, 0.15) is 5.82 Å². The van der Waals surface area contributed by atoms with E-state index in [9.17, 15) is 9.90 Å². The molecule has 6 heteroatoms. The van der Waals surface area contributed by atoms with Gasteiger partial charge in [0, 0.05) is 32.1 Å². The highest BCUT2D eigenvalue weighted by Crippen LogP contribution is 2.21. The Morgan fingerprint density at radius 1 is 1.32 bits per heavy atom. The Morgan fingerprint density at radius 2 is 2.21 bits per heavy atom. The van der Waals surface area contributed by atoms with Crippen LogP contribution in [0.5, 0.6) is 0 Å². The van der Waals surface area contributed by atoms with E-state index >= 15 is 0 Å². The second-order valence-electron chi connectivity index (χ2n) is 7.84. The second kappa shape index (κ2) is 8.29. The zero-order valence-corrected chi connectivity index (χ0v) is 16.4. The number of nitrogens with zero attached hydrogens (tertiary/aromatic N) is 3. The molecule has 28 heavy (non-hydrogen) atoms. The Bertz CT molecular complexity index is 1010. The van der Waals surface area contributed by atoms with Crippen LogP contribution in [0, 0.1) is 12.8 Å². The number of rotatable bonds is 6. The van der Waals surface area contributed by atoms with Crippen molar-refractivity contribution in [3.8, 4) is 11.4 Å². The SMILES string of the molecule is Cc1cccc2cc(-c3nccn3CCCN3CCCC(CO)C3)c(=O)[nH]c12. The Hall–Kier alpha value is -2.44. The highest BCUT2D eigenvalue weighted by Gasteiger charge is 2.19. The molecule has 1 aliphatic heterocycles. The maximum Gasteiger partial charge on any atom is 0.259 e. The molecule has 1 aliphatic rings. The van der Waals surface area contributed by atoms with Crippen molar-refractivity contribution >= 4 is 10.9 Å². The van der Waals surface area contributed by atoms with Gasteiger partial charge in [0.05, 0.1) is 11.1 Å². The first kappa shape index (κ1) is 18.9. The summed E-state index contributed by atoms with van der Waals surface area (Å²) < 4.78 is 2.07. The molecule has 1 saturated heterocycles. The molecule has 1 aromatic carbocycles. The zero-order chi connectivity index (χ0) is 19.5. The molecule has 0 bridgehead atoms. The molecule has 0 spiro atoms. The van der Waals surface area contributed by atoms with Gasteiger partial charge < -0.3 is 19.6 Å². The number of hydrogen-bond donors (Lipinski definition) is 2. The minimum Gasteiger partial charge on any atom is -0.396 e. The predicted octanol–water partition coefficient (Wildman–Crippen LogP) is 2.79. The number of pyridine rings is 1. The fourth-order valence-corrected chi connectivity index (χ4v) is 4.25. The summed E-state index contributed by atoms with van der Waals surface area (Å²) in [5.74, 6) is 1.13. The van der Waals surface area contributed by atoms with Crippen molar-refractivity contribution in [3.05, 3.63) is 52.6 Å². The summed E-state index contributed by atoms with van der Waals surface area (Å²) in [6.45, 7) is 6.20. The molecule has 1 atom stereocenters. The van der Waals surface area contributed by atoms with Crippen molar-refractivity contribution in [2.75, 3.05) is 26.2 Å². The molecular formula is C22H28N4O2. The van der Waals surface area contributed by atoms with Crippen LogP contribution >= 0.6 is 0 Å². The Morgan fingerprint density at radius 3 is 3.07 bits per heavy atom. The van der Waals surface area contributed by atoms with E-state index in [-0.39, 0.29) is 12.2 Å². The minimum atomic E-state index is -0.101. The average Bonchev–Trinajstić information content (AvgIpc) is 3.17. The summed E-state index contributed by atoms with van der Waals surface area (Å²) in [7, 11) is 0. The van der Waals surface area contributed by atoms with Crippen molar-refractivity contribution in [1.29, 1.82) is 0 Å². The van der Waals surface area contributed by atoms with Gasteiger partial charge in [0.2, 0.25) is 0 Å². The third kappa shape index (κ3) is 3.88. The quantitative estimate of drug-likeness (QED) is 0.690. The van der Waals surface area contributed by atoms with Gasteiger partial charge >= 0.3 is 0 Å². The minimum absolute atomic E-state index is 0.101. The summed E-state index contributed by atoms with van der Waals surface area (Å²) in [6, 6.07) is 7.96. The fraction of sp³-hybridized carbons (Fsp3) is 0.455. The van der Waals surface area contributed by atoms with Crippen molar-refractivity contribution in [3.63, 3.8) is 0 Å². The van der Waals surface area contributed by atoms with Gasteiger partial charge in [-0.2, -0.15) is 0 Å². The van der Waals surface area contributed by atoms with Gasteiger partial charge in [0.25, 0.3) is 5.56 Å². The molecule has 0 aliphatic carbocycles. The number of imidazole rings is 1. The zero-order valence-electron chi connectivity index (χ0n) is 16.4. The molecule has 1 fully saturated rings. The molecule has 1 unspecified atom stereocenters. The van der Waals surface area contributed by atoms with Gasteiger partial charge in [-0.25, -0.2) is 4.98 Å². The number of benzene rings is 1. The Labute approximate surface area is 164 Å². The fourth-order valence-electron chi connectivity index (χ4n) is 4.25. The van der Waals surface area contributed by atoms with E-state index in [2.05, 4.69) is 19.4 Å². The maximum absolute atomic E-state index is 12.7. The number of fused-ring (bicyclic) bond motifs is 1. The van der Waals surface area contributed by atoms with E-state index in [0.717, 1.165) is 67.7 Å². The first-order chi connectivity index (χ1) is 13.7. The van der Waals surface area contributed by atoms with Gasteiger partial charge in [-0.15, -0.1) is 0 Å². The lowest BCUT2D eigenvalue weighted by Gasteiger charge is -2.31. The normalized spacial score (nSPS) is 18.0. The summed E-state index contributed by atoms with van der Waals surface area (Å²) in [5, 5.41) is 10.4.